The molecule has 1 aromatic heterocycles. The fourth-order valence-electron chi connectivity index (χ4n) is 2.30. The number of benzene rings is 2. The number of aromatic nitrogens is 3. The Balaban J connectivity index is 1.80. The highest BCUT2D eigenvalue weighted by molar-refractivity contribution is 6.30. The van der Waals surface area contributed by atoms with Gasteiger partial charge in [-0.3, -0.25) is 4.79 Å². The van der Waals surface area contributed by atoms with Crippen LogP contribution in [0.1, 0.15) is 23.1 Å². The first-order valence-electron chi connectivity index (χ1n) is 7.63. The van der Waals surface area contributed by atoms with E-state index in [9.17, 15) is 4.79 Å². The third-order valence-electron chi connectivity index (χ3n) is 3.81. The molecule has 0 spiro atoms. The van der Waals surface area contributed by atoms with Crippen LogP contribution >= 0.6 is 11.6 Å². The van der Waals surface area contributed by atoms with Crippen molar-refractivity contribution < 1.29 is 4.79 Å². The maximum atomic E-state index is 12.6. The molecule has 3 rings (SSSR count). The summed E-state index contributed by atoms with van der Waals surface area (Å²) in [5, 5.41) is 4.91. The van der Waals surface area contributed by atoms with Crippen molar-refractivity contribution in [3.8, 4) is 5.69 Å². The molecule has 0 N–H and O–H groups in total. The van der Waals surface area contributed by atoms with Crippen molar-refractivity contribution in [2.75, 3.05) is 11.9 Å². The number of anilines is 1. The molecule has 0 unspecified atom stereocenters. The van der Waals surface area contributed by atoms with Gasteiger partial charge in [-0.15, -0.1) is 5.10 Å². The predicted octanol–water partition coefficient (Wildman–Crippen LogP) is 3.76. The van der Waals surface area contributed by atoms with E-state index in [2.05, 4.69) is 17.0 Å². The van der Waals surface area contributed by atoms with Crippen LogP contribution in [0.15, 0.2) is 54.9 Å². The molecule has 5 nitrogen and oxygen atoms in total. The Morgan fingerprint density at radius 1 is 1.12 bits per heavy atom. The van der Waals surface area contributed by atoms with Gasteiger partial charge in [0.2, 0.25) is 5.82 Å². The minimum absolute atomic E-state index is 0.145. The first kappa shape index (κ1) is 16.2. The molecular weight excluding hydrogens is 324 g/mol. The smallest absolute Gasteiger partial charge is 0.297 e. The molecule has 0 bridgehead atoms. The summed E-state index contributed by atoms with van der Waals surface area (Å²) < 4.78 is 1.55. The van der Waals surface area contributed by atoms with E-state index in [0.29, 0.717) is 5.02 Å². The second kappa shape index (κ2) is 6.84. The highest BCUT2D eigenvalue weighted by Crippen LogP contribution is 2.17. The molecule has 2 aromatic carbocycles. The fraction of sp³-hybridized carbons (Fsp3) is 0.167. The highest BCUT2D eigenvalue weighted by Gasteiger charge is 2.18. The molecule has 0 aliphatic carbocycles. The standard InChI is InChI=1S/C18H17ClN4O/c1-3-13-4-8-15(9-5-13)22(2)18(24)17-20-12-23(21-17)16-10-6-14(19)7-11-16/h4-12H,3H2,1-2H3. The third-order valence-corrected chi connectivity index (χ3v) is 4.06. The molecule has 1 amide bonds. The van der Waals surface area contributed by atoms with Gasteiger partial charge in [0.05, 0.1) is 5.69 Å². The summed E-state index contributed by atoms with van der Waals surface area (Å²) in [5.41, 5.74) is 2.82. The van der Waals surface area contributed by atoms with E-state index < -0.39 is 0 Å². The number of carbonyl (C=O) groups is 1. The molecule has 0 radical (unpaired) electrons. The molecule has 122 valence electrons. The third kappa shape index (κ3) is 3.31. The van der Waals surface area contributed by atoms with Crippen LogP contribution in [0.25, 0.3) is 5.69 Å². The summed E-state index contributed by atoms with van der Waals surface area (Å²) in [4.78, 5) is 18.2. The topological polar surface area (TPSA) is 51.0 Å². The number of hydrogen-bond donors (Lipinski definition) is 0. The molecule has 0 saturated carbocycles. The van der Waals surface area contributed by atoms with Gasteiger partial charge in [0.1, 0.15) is 6.33 Å². The van der Waals surface area contributed by atoms with Crippen molar-refractivity contribution >= 4 is 23.2 Å². The Morgan fingerprint density at radius 3 is 2.42 bits per heavy atom. The van der Waals surface area contributed by atoms with E-state index in [0.717, 1.165) is 17.8 Å². The van der Waals surface area contributed by atoms with Gasteiger partial charge in [0.25, 0.3) is 5.91 Å². The van der Waals surface area contributed by atoms with Crippen LogP contribution in [0.5, 0.6) is 0 Å². The summed E-state index contributed by atoms with van der Waals surface area (Å²) >= 11 is 5.88. The number of rotatable bonds is 4. The number of aryl methyl sites for hydroxylation is 1. The van der Waals surface area contributed by atoms with E-state index in [1.54, 1.807) is 28.8 Å². The monoisotopic (exact) mass is 340 g/mol. The normalized spacial score (nSPS) is 10.6. The lowest BCUT2D eigenvalue weighted by Crippen LogP contribution is -2.27. The molecule has 0 saturated heterocycles. The van der Waals surface area contributed by atoms with E-state index in [4.69, 9.17) is 11.6 Å². The lowest BCUT2D eigenvalue weighted by molar-refractivity contribution is 0.0983. The molecule has 3 aromatic rings. The largest absolute Gasteiger partial charge is 0.309 e. The van der Waals surface area contributed by atoms with Crippen LogP contribution in [0.3, 0.4) is 0 Å². The van der Waals surface area contributed by atoms with Crippen LogP contribution in [0.4, 0.5) is 5.69 Å². The number of hydrogen-bond acceptors (Lipinski definition) is 3. The van der Waals surface area contributed by atoms with Gasteiger partial charge in [-0.2, -0.15) is 0 Å². The van der Waals surface area contributed by atoms with Gasteiger partial charge in [0, 0.05) is 17.8 Å². The van der Waals surface area contributed by atoms with Gasteiger partial charge in [-0.25, -0.2) is 9.67 Å². The average Bonchev–Trinajstić information content (AvgIpc) is 3.11. The number of halogens is 1. The van der Waals surface area contributed by atoms with E-state index >= 15 is 0 Å². The minimum atomic E-state index is -0.257. The second-order valence-corrected chi connectivity index (χ2v) is 5.81. The molecular formula is C18H17ClN4O. The Kier molecular flexibility index (Phi) is 4.62. The zero-order valence-corrected chi connectivity index (χ0v) is 14.2. The molecule has 0 aliphatic rings. The Bertz CT molecular complexity index is 840. The summed E-state index contributed by atoms with van der Waals surface area (Å²) in [6.45, 7) is 2.09. The van der Waals surface area contributed by atoms with Gasteiger partial charge in [-0.05, 0) is 48.4 Å². The molecule has 6 heteroatoms. The number of amides is 1. The van der Waals surface area contributed by atoms with Crippen LogP contribution in [-0.2, 0) is 6.42 Å². The van der Waals surface area contributed by atoms with Crippen LogP contribution in [0, 0.1) is 0 Å². The first-order valence-corrected chi connectivity index (χ1v) is 8.01. The summed E-state index contributed by atoms with van der Waals surface area (Å²) in [5.74, 6) is -0.112. The lowest BCUT2D eigenvalue weighted by Gasteiger charge is -2.15. The van der Waals surface area contributed by atoms with E-state index in [-0.39, 0.29) is 11.7 Å². The molecule has 0 atom stereocenters. The molecule has 0 aliphatic heterocycles. The number of carbonyl (C=O) groups excluding carboxylic acids is 1. The highest BCUT2D eigenvalue weighted by atomic mass is 35.5. The molecule has 0 fully saturated rings. The van der Waals surface area contributed by atoms with Crippen LogP contribution in [-0.4, -0.2) is 27.7 Å². The Labute approximate surface area is 145 Å². The van der Waals surface area contributed by atoms with E-state index in [1.165, 1.54) is 11.9 Å². The van der Waals surface area contributed by atoms with Crippen molar-refractivity contribution in [2.24, 2.45) is 0 Å². The lowest BCUT2D eigenvalue weighted by atomic mass is 10.1. The molecule has 24 heavy (non-hydrogen) atoms. The van der Waals surface area contributed by atoms with Gasteiger partial charge < -0.3 is 4.90 Å². The summed E-state index contributed by atoms with van der Waals surface area (Å²) in [6, 6.07) is 15.0. The van der Waals surface area contributed by atoms with E-state index in [1.807, 2.05) is 36.4 Å². The quantitative estimate of drug-likeness (QED) is 0.726. The van der Waals surface area contributed by atoms with Crippen molar-refractivity contribution in [1.29, 1.82) is 0 Å². The SMILES string of the molecule is CCc1ccc(N(C)C(=O)c2ncn(-c3ccc(Cl)cc3)n2)cc1. The second-order valence-electron chi connectivity index (χ2n) is 5.37. The first-order chi connectivity index (χ1) is 11.6. The minimum Gasteiger partial charge on any atom is -0.309 e. The van der Waals surface area contributed by atoms with Gasteiger partial charge in [0.15, 0.2) is 0 Å². The average molecular weight is 341 g/mol. The Morgan fingerprint density at radius 2 is 1.79 bits per heavy atom. The summed E-state index contributed by atoms with van der Waals surface area (Å²) in [7, 11) is 1.71. The van der Waals surface area contributed by atoms with Gasteiger partial charge >= 0.3 is 0 Å². The van der Waals surface area contributed by atoms with Crippen molar-refractivity contribution in [3.05, 3.63) is 71.3 Å². The maximum absolute atomic E-state index is 12.6. The Hall–Kier alpha value is -2.66. The zero-order chi connectivity index (χ0) is 17.1. The van der Waals surface area contributed by atoms with Crippen molar-refractivity contribution in [2.45, 2.75) is 13.3 Å². The molecule has 1 heterocycles. The van der Waals surface area contributed by atoms with Crippen molar-refractivity contribution in [3.63, 3.8) is 0 Å². The zero-order valence-electron chi connectivity index (χ0n) is 13.5. The van der Waals surface area contributed by atoms with Gasteiger partial charge in [-0.1, -0.05) is 30.7 Å². The number of nitrogens with zero attached hydrogens (tertiary/aromatic N) is 4. The maximum Gasteiger partial charge on any atom is 0.297 e. The summed E-state index contributed by atoms with van der Waals surface area (Å²) in [6.07, 6.45) is 2.48. The fourth-order valence-corrected chi connectivity index (χ4v) is 2.43. The van der Waals surface area contributed by atoms with Crippen molar-refractivity contribution in [1.82, 2.24) is 14.8 Å². The van der Waals surface area contributed by atoms with Crippen LogP contribution in [0.2, 0.25) is 5.02 Å². The predicted molar refractivity (Wildman–Crippen MR) is 94.9 cm³/mol. The van der Waals surface area contributed by atoms with Crippen LogP contribution < -0.4 is 4.90 Å².